The highest BCUT2D eigenvalue weighted by atomic mass is 16.4. The van der Waals surface area contributed by atoms with E-state index in [1.807, 2.05) is 44.2 Å². The molecule has 2 aromatic carbocycles. The Morgan fingerprint density at radius 3 is 2.38 bits per heavy atom. The van der Waals surface area contributed by atoms with E-state index in [0.717, 1.165) is 16.6 Å². The maximum atomic E-state index is 12.5. The van der Waals surface area contributed by atoms with Crippen LogP contribution in [0.2, 0.25) is 0 Å². The van der Waals surface area contributed by atoms with Gasteiger partial charge in [-0.05, 0) is 38.1 Å². The zero-order valence-electron chi connectivity index (χ0n) is 14.6. The van der Waals surface area contributed by atoms with E-state index in [1.165, 1.54) is 0 Å². The number of aromatic nitrogens is 2. The molecule has 0 fully saturated rings. The Kier molecular flexibility index (Phi) is 4.93. The monoisotopic (exact) mass is 349 g/mol. The number of nitrogens with zero attached hydrogens (tertiary/aromatic N) is 2. The van der Waals surface area contributed by atoms with E-state index in [2.05, 4.69) is 15.3 Å². The van der Waals surface area contributed by atoms with Crippen molar-refractivity contribution < 1.29 is 14.7 Å². The zero-order chi connectivity index (χ0) is 18.7. The van der Waals surface area contributed by atoms with Gasteiger partial charge in [-0.1, -0.05) is 29.3 Å². The first-order valence-electron chi connectivity index (χ1n) is 8.25. The number of aryl methyl sites for hydroxylation is 2. The van der Waals surface area contributed by atoms with E-state index < -0.39 is 17.9 Å². The van der Waals surface area contributed by atoms with E-state index in [-0.39, 0.29) is 6.42 Å². The van der Waals surface area contributed by atoms with Crippen molar-refractivity contribution in [2.24, 2.45) is 0 Å². The number of carboxylic acids is 1. The summed E-state index contributed by atoms with van der Waals surface area (Å²) in [5.41, 5.74) is 4.28. The van der Waals surface area contributed by atoms with Gasteiger partial charge in [0.25, 0.3) is 5.91 Å². The standard InChI is InChI=1S/C20H19N3O3/c1-12-7-13(2)9-14(8-12)19(24)23-18(20(25)26)10-15-11-21-16-5-3-4-6-17(16)22-15/h3-9,11,18H,10H2,1-2H3,(H,23,24)(H,25,26)/t18-/m1/s1. The van der Waals surface area contributed by atoms with Gasteiger partial charge in [0.1, 0.15) is 6.04 Å². The summed E-state index contributed by atoms with van der Waals surface area (Å²) in [7, 11) is 0. The highest BCUT2D eigenvalue weighted by molar-refractivity contribution is 5.97. The van der Waals surface area contributed by atoms with Crippen LogP contribution in [0, 0.1) is 13.8 Å². The molecule has 132 valence electrons. The molecule has 0 spiro atoms. The quantitative estimate of drug-likeness (QED) is 0.739. The molecule has 0 unspecified atom stereocenters. The van der Waals surface area contributed by atoms with Gasteiger partial charge >= 0.3 is 5.97 Å². The normalized spacial score (nSPS) is 11.9. The second-order valence-electron chi connectivity index (χ2n) is 6.29. The van der Waals surface area contributed by atoms with Crippen molar-refractivity contribution in [3.05, 3.63) is 71.0 Å². The number of carbonyl (C=O) groups excluding carboxylic acids is 1. The summed E-state index contributed by atoms with van der Waals surface area (Å²) in [6.45, 7) is 3.78. The predicted molar refractivity (Wildman–Crippen MR) is 98.0 cm³/mol. The van der Waals surface area contributed by atoms with Gasteiger partial charge in [-0.3, -0.25) is 9.78 Å². The molecular formula is C20H19N3O3. The lowest BCUT2D eigenvalue weighted by Gasteiger charge is -2.15. The number of carbonyl (C=O) groups is 2. The molecule has 0 radical (unpaired) electrons. The number of benzene rings is 2. The average molecular weight is 349 g/mol. The van der Waals surface area contributed by atoms with Gasteiger partial charge in [0, 0.05) is 18.2 Å². The number of aliphatic carboxylic acids is 1. The molecule has 0 aliphatic carbocycles. The lowest BCUT2D eigenvalue weighted by atomic mass is 10.1. The molecule has 26 heavy (non-hydrogen) atoms. The number of carboxylic acid groups (broad SMARTS) is 1. The summed E-state index contributed by atoms with van der Waals surface area (Å²) in [5, 5.41) is 12.1. The van der Waals surface area contributed by atoms with Gasteiger partial charge in [-0.15, -0.1) is 0 Å². The van der Waals surface area contributed by atoms with Gasteiger partial charge in [-0.2, -0.15) is 0 Å². The predicted octanol–water partition coefficient (Wildman–Crippen LogP) is 2.67. The number of nitrogens with one attached hydrogen (secondary N) is 1. The molecule has 1 aromatic heterocycles. The Bertz CT molecular complexity index is 965. The van der Waals surface area contributed by atoms with E-state index >= 15 is 0 Å². The van der Waals surface area contributed by atoms with Crippen molar-refractivity contribution in [3.8, 4) is 0 Å². The Balaban J connectivity index is 1.80. The molecule has 3 rings (SSSR count). The summed E-state index contributed by atoms with van der Waals surface area (Å²) >= 11 is 0. The molecule has 6 nitrogen and oxygen atoms in total. The minimum Gasteiger partial charge on any atom is -0.480 e. The number of para-hydroxylation sites is 2. The number of hydrogen-bond acceptors (Lipinski definition) is 4. The van der Waals surface area contributed by atoms with E-state index in [1.54, 1.807) is 18.3 Å². The van der Waals surface area contributed by atoms with Crippen molar-refractivity contribution in [2.75, 3.05) is 0 Å². The third-order valence-electron chi connectivity index (χ3n) is 4.00. The maximum Gasteiger partial charge on any atom is 0.326 e. The van der Waals surface area contributed by atoms with Crippen LogP contribution in [0.15, 0.2) is 48.7 Å². The minimum atomic E-state index is -1.11. The first-order chi connectivity index (χ1) is 12.4. The van der Waals surface area contributed by atoms with Gasteiger partial charge in [0.05, 0.1) is 16.7 Å². The van der Waals surface area contributed by atoms with Crippen LogP contribution in [0.5, 0.6) is 0 Å². The SMILES string of the molecule is Cc1cc(C)cc(C(=O)N[C@H](Cc2cnc3ccccc3n2)C(=O)O)c1. The van der Waals surface area contributed by atoms with Crippen LogP contribution in [0.1, 0.15) is 27.2 Å². The fourth-order valence-electron chi connectivity index (χ4n) is 2.85. The number of amides is 1. The third-order valence-corrected chi connectivity index (χ3v) is 4.00. The van der Waals surface area contributed by atoms with Crippen LogP contribution in [-0.4, -0.2) is 33.0 Å². The Labute approximate surface area is 150 Å². The van der Waals surface area contributed by atoms with E-state index in [4.69, 9.17) is 0 Å². The molecule has 3 aromatic rings. The van der Waals surface area contributed by atoms with Crippen molar-refractivity contribution in [3.63, 3.8) is 0 Å². The first-order valence-corrected chi connectivity index (χ1v) is 8.25. The zero-order valence-corrected chi connectivity index (χ0v) is 14.6. The molecule has 2 N–H and O–H groups in total. The van der Waals surface area contributed by atoms with Crippen LogP contribution in [-0.2, 0) is 11.2 Å². The van der Waals surface area contributed by atoms with E-state index in [9.17, 15) is 14.7 Å². The maximum absolute atomic E-state index is 12.5. The minimum absolute atomic E-state index is 0.0592. The summed E-state index contributed by atoms with van der Waals surface area (Å²) in [6.07, 6.45) is 1.60. The van der Waals surface area contributed by atoms with Crippen molar-refractivity contribution in [2.45, 2.75) is 26.3 Å². The van der Waals surface area contributed by atoms with Crippen molar-refractivity contribution >= 4 is 22.9 Å². The highest BCUT2D eigenvalue weighted by Crippen LogP contribution is 2.12. The molecule has 1 heterocycles. The number of hydrogen-bond donors (Lipinski definition) is 2. The van der Waals surface area contributed by atoms with Crippen LogP contribution < -0.4 is 5.32 Å². The second kappa shape index (κ2) is 7.31. The summed E-state index contributed by atoms with van der Waals surface area (Å²) in [6, 6.07) is 11.7. The van der Waals surface area contributed by atoms with Crippen molar-refractivity contribution in [1.29, 1.82) is 0 Å². The van der Waals surface area contributed by atoms with Gasteiger partial charge < -0.3 is 10.4 Å². The largest absolute Gasteiger partial charge is 0.480 e. The molecule has 0 saturated heterocycles. The lowest BCUT2D eigenvalue weighted by Crippen LogP contribution is -2.42. The number of rotatable bonds is 5. The van der Waals surface area contributed by atoms with Gasteiger partial charge in [-0.25, -0.2) is 9.78 Å². The number of fused-ring (bicyclic) bond motifs is 1. The fraction of sp³-hybridized carbons (Fsp3) is 0.200. The Morgan fingerprint density at radius 2 is 1.73 bits per heavy atom. The molecular weight excluding hydrogens is 330 g/mol. The topological polar surface area (TPSA) is 92.2 Å². The molecule has 0 aliphatic heterocycles. The molecule has 0 aliphatic rings. The van der Waals surface area contributed by atoms with Crippen LogP contribution >= 0.6 is 0 Å². The summed E-state index contributed by atoms with van der Waals surface area (Å²) in [5.74, 6) is -1.53. The van der Waals surface area contributed by atoms with Crippen LogP contribution in [0.3, 0.4) is 0 Å². The van der Waals surface area contributed by atoms with E-state index in [0.29, 0.717) is 16.8 Å². The Hall–Kier alpha value is -3.28. The van der Waals surface area contributed by atoms with Crippen LogP contribution in [0.25, 0.3) is 11.0 Å². The highest BCUT2D eigenvalue weighted by Gasteiger charge is 2.22. The summed E-state index contributed by atoms with van der Waals surface area (Å²) < 4.78 is 0. The second-order valence-corrected chi connectivity index (χ2v) is 6.29. The Morgan fingerprint density at radius 1 is 1.08 bits per heavy atom. The molecule has 6 heteroatoms. The van der Waals surface area contributed by atoms with Gasteiger partial charge in [0.2, 0.25) is 0 Å². The van der Waals surface area contributed by atoms with Crippen LogP contribution in [0.4, 0.5) is 0 Å². The summed E-state index contributed by atoms with van der Waals surface area (Å²) in [4.78, 5) is 32.8. The van der Waals surface area contributed by atoms with Gasteiger partial charge in [0.15, 0.2) is 0 Å². The molecule has 0 bridgehead atoms. The average Bonchev–Trinajstić information content (AvgIpc) is 2.60. The fourth-order valence-corrected chi connectivity index (χ4v) is 2.85. The smallest absolute Gasteiger partial charge is 0.326 e. The molecule has 0 saturated carbocycles. The van der Waals surface area contributed by atoms with Crippen molar-refractivity contribution in [1.82, 2.24) is 15.3 Å². The first kappa shape index (κ1) is 17.5. The lowest BCUT2D eigenvalue weighted by molar-refractivity contribution is -0.139. The molecule has 1 atom stereocenters. The molecule has 1 amide bonds. The third kappa shape index (κ3) is 4.03.